The maximum absolute atomic E-state index is 14.8. The molecule has 2 fully saturated rings. The molecule has 1 amide bonds. The third-order valence-electron chi connectivity index (χ3n) is 5.52. The summed E-state index contributed by atoms with van der Waals surface area (Å²) in [6, 6.07) is 1.54. The molecule has 1 atom stereocenters. The van der Waals surface area contributed by atoms with Gasteiger partial charge in [0.15, 0.2) is 5.78 Å². The van der Waals surface area contributed by atoms with Crippen LogP contribution < -0.4 is 10.2 Å². The van der Waals surface area contributed by atoms with Gasteiger partial charge >= 0.3 is 12.1 Å². The summed E-state index contributed by atoms with van der Waals surface area (Å²) in [6.45, 7) is 7.74. The molecule has 1 saturated heterocycles. The summed E-state index contributed by atoms with van der Waals surface area (Å²) in [6.07, 6.45) is 0.532. The number of carbonyl (C=O) groups excluding carboxylic acids is 3. The van der Waals surface area contributed by atoms with Gasteiger partial charge in [-0.2, -0.15) is 0 Å². The summed E-state index contributed by atoms with van der Waals surface area (Å²) in [7, 11) is 0. The number of rotatable bonds is 6. The average Bonchev–Trinajstić information content (AvgIpc) is 3.32. The summed E-state index contributed by atoms with van der Waals surface area (Å²) < 4.78 is 39.4. The van der Waals surface area contributed by atoms with Crippen LogP contribution in [0, 0.1) is 17.0 Å². The highest BCUT2D eigenvalue weighted by atomic mass is 19.1. The molecule has 0 aromatic heterocycles. The first-order valence-electron chi connectivity index (χ1n) is 10.4. The first-order valence-corrected chi connectivity index (χ1v) is 10.4. The zero-order valence-electron chi connectivity index (χ0n) is 18.2. The van der Waals surface area contributed by atoms with Crippen molar-refractivity contribution in [1.82, 2.24) is 5.32 Å². The Hall–Kier alpha value is -2.71. The molecular formula is C22H28F2N2O5. The number of ketones is 1. The number of ether oxygens (including phenoxy) is 2. The topological polar surface area (TPSA) is 84.9 Å². The number of halogens is 2. The normalized spacial score (nSPS) is 19.3. The molecule has 2 aliphatic rings. The van der Waals surface area contributed by atoms with Gasteiger partial charge in [0.25, 0.3) is 0 Å². The van der Waals surface area contributed by atoms with Crippen molar-refractivity contribution >= 4 is 23.5 Å². The highest BCUT2D eigenvalue weighted by Gasteiger charge is 2.56. The molecule has 1 aliphatic carbocycles. The molecule has 7 nitrogen and oxygen atoms in total. The Balaban J connectivity index is 1.73. The van der Waals surface area contributed by atoms with Crippen LogP contribution in [-0.4, -0.2) is 49.2 Å². The fourth-order valence-corrected chi connectivity index (χ4v) is 3.90. The lowest BCUT2D eigenvalue weighted by molar-refractivity contribution is -0.141. The molecule has 1 spiro atoms. The van der Waals surface area contributed by atoms with Gasteiger partial charge in [0.05, 0.1) is 23.9 Å². The van der Waals surface area contributed by atoms with Gasteiger partial charge in [-0.25, -0.2) is 13.6 Å². The van der Waals surface area contributed by atoms with Crippen molar-refractivity contribution in [2.45, 2.75) is 58.6 Å². The largest absolute Gasteiger partial charge is 0.466 e. The molecule has 9 heteroatoms. The molecule has 1 aromatic rings. The summed E-state index contributed by atoms with van der Waals surface area (Å²) in [5.41, 5.74) is -1.30. The van der Waals surface area contributed by atoms with E-state index >= 15 is 0 Å². The number of Topliss-reactive ketones (excluding diaryl/α,β-unsaturated/α-hetero) is 1. The Morgan fingerprint density at radius 2 is 1.87 bits per heavy atom. The summed E-state index contributed by atoms with van der Waals surface area (Å²) >= 11 is 0. The van der Waals surface area contributed by atoms with Gasteiger partial charge in [-0.15, -0.1) is 0 Å². The molecule has 31 heavy (non-hydrogen) atoms. The van der Waals surface area contributed by atoms with E-state index in [4.69, 9.17) is 4.74 Å². The molecule has 1 heterocycles. The number of nitrogens with one attached hydrogen (secondary N) is 1. The minimum absolute atomic E-state index is 0.0185. The van der Waals surface area contributed by atoms with Crippen LogP contribution in [0.15, 0.2) is 12.1 Å². The second-order valence-electron chi connectivity index (χ2n) is 9.13. The smallest absolute Gasteiger partial charge is 0.407 e. The molecule has 1 N–H and O–H groups in total. The number of hydrogen-bond acceptors (Lipinski definition) is 6. The number of esters is 1. The fraction of sp³-hybridized carbons (Fsp3) is 0.591. The molecule has 1 unspecified atom stereocenters. The number of hydrogen-bond donors (Lipinski definition) is 1. The van der Waals surface area contributed by atoms with E-state index in [2.05, 4.69) is 10.1 Å². The van der Waals surface area contributed by atoms with Gasteiger partial charge in [-0.3, -0.25) is 9.59 Å². The zero-order valence-corrected chi connectivity index (χ0v) is 18.2. The van der Waals surface area contributed by atoms with E-state index in [0.29, 0.717) is 13.1 Å². The van der Waals surface area contributed by atoms with E-state index in [1.165, 1.54) is 0 Å². The van der Waals surface area contributed by atoms with Crippen molar-refractivity contribution in [3.05, 3.63) is 29.3 Å². The Morgan fingerprint density at radius 3 is 2.45 bits per heavy atom. The molecule has 3 rings (SSSR count). The van der Waals surface area contributed by atoms with Crippen LogP contribution >= 0.6 is 0 Å². The van der Waals surface area contributed by atoms with Gasteiger partial charge < -0.3 is 19.7 Å². The van der Waals surface area contributed by atoms with Crippen LogP contribution in [0.4, 0.5) is 19.3 Å². The number of alkyl carbamates (subject to hydrolysis) is 1. The highest BCUT2D eigenvalue weighted by molar-refractivity contribution is 6.06. The second-order valence-corrected chi connectivity index (χ2v) is 9.13. The zero-order chi connectivity index (χ0) is 23.0. The van der Waals surface area contributed by atoms with E-state index in [1.807, 2.05) is 0 Å². The number of anilines is 1. The maximum Gasteiger partial charge on any atom is 0.407 e. The molecule has 1 aliphatic heterocycles. The summed E-state index contributed by atoms with van der Waals surface area (Å²) in [5.74, 6) is -3.30. The van der Waals surface area contributed by atoms with Gasteiger partial charge in [-0.1, -0.05) is 0 Å². The minimum atomic E-state index is -0.904. The second kappa shape index (κ2) is 8.43. The molecule has 1 saturated carbocycles. The SMILES string of the molecule is CCOC(=O)CC(=O)c1cc(F)c(N2CC(NC(=O)OC(C)(C)C)C3(CC3)C2)cc1F. The summed E-state index contributed by atoms with van der Waals surface area (Å²) in [4.78, 5) is 37.5. The molecule has 170 valence electrons. The van der Waals surface area contributed by atoms with Gasteiger partial charge in [0.1, 0.15) is 23.7 Å². The average molecular weight is 438 g/mol. The Bertz CT molecular complexity index is 893. The lowest BCUT2D eigenvalue weighted by Gasteiger charge is -2.24. The Kier molecular flexibility index (Phi) is 6.25. The van der Waals surface area contributed by atoms with Crippen molar-refractivity contribution in [3.63, 3.8) is 0 Å². The van der Waals surface area contributed by atoms with E-state index in [9.17, 15) is 23.2 Å². The first-order chi connectivity index (χ1) is 14.4. The maximum atomic E-state index is 14.8. The van der Waals surface area contributed by atoms with Crippen LogP contribution in [0.1, 0.15) is 57.3 Å². The standard InChI is InChI=1S/C22H28F2N2O5/c1-5-30-19(28)10-17(27)13-8-15(24)16(9-14(13)23)26-11-18(22(12-26)6-7-22)25-20(29)31-21(2,3)4/h8-9,18H,5-7,10-12H2,1-4H3,(H,25,29). The Labute approximate surface area is 180 Å². The van der Waals surface area contributed by atoms with Crippen molar-refractivity contribution in [1.29, 1.82) is 0 Å². The highest BCUT2D eigenvalue weighted by Crippen LogP contribution is 2.53. The van der Waals surface area contributed by atoms with E-state index < -0.39 is 47.1 Å². The molecule has 0 radical (unpaired) electrons. The minimum Gasteiger partial charge on any atom is -0.466 e. The number of benzene rings is 1. The van der Waals surface area contributed by atoms with Crippen molar-refractivity contribution in [2.24, 2.45) is 5.41 Å². The first kappa shape index (κ1) is 23.0. The molecular weight excluding hydrogens is 410 g/mol. The lowest BCUT2D eigenvalue weighted by atomic mass is 10.0. The van der Waals surface area contributed by atoms with Crippen molar-refractivity contribution < 1.29 is 32.6 Å². The van der Waals surface area contributed by atoms with Gasteiger partial charge in [0.2, 0.25) is 0 Å². The van der Waals surface area contributed by atoms with Crippen LogP contribution in [0.2, 0.25) is 0 Å². The summed E-state index contributed by atoms with van der Waals surface area (Å²) in [5, 5.41) is 2.86. The predicted octanol–water partition coefficient (Wildman–Crippen LogP) is 3.59. The van der Waals surface area contributed by atoms with E-state index in [-0.39, 0.29) is 23.8 Å². The van der Waals surface area contributed by atoms with E-state index in [0.717, 1.165) is 25.0 Å². The predicted molar refractivity (Wildman–Crippen MR) is 109 cm³/mol. The third kappa shape index (κ3) is 5.32. The van der Waals surface area contributed by atoms with Crippen molar-refractivity contribution in [3.8, 4) is 0 Å². The lowest BCUT2D eigenvalue weighted by Crippen LogP contribution is -2.44. The molecule has 0 bridgehead atoms. The molecule has 1 aromatic carbocycles. The van der Waals surface area contributed by atoms with Gasteiger partial charge in [-0.05, 0) is 46.6 Å². The van der Waals surface area contributed by atoms with Crippen LogP contribution in [0.3, 0.4) is 0 Å². The van der Waals surface area contributed by atoms with Crippen molar-refractivity contribution in [2.75, 3.05) is 24.6 Å². The number of amides is 1. The van der Waals surface area contributed by atoms with Crippen LogP contribution in [-0.2, 0) is 14.3 Å². The van der Waals surface area contributed by atoms with Crippen LogP contribution in [0.25, 0.3) is 0 Å². The van der Waals surface area contributed by atoms with Gasteiger partial charge in [0, 0.05) is 24.6 Å². The third-order valence-corrected chi connectivity index (χ3v) is 5.52. The number of nitrogens with zero attached hydrogens (tertiary/aromatic N) is 1. The monoisotopic (exact) mass is 438 g/mol. The quantitative estimate of drug-likeness (QED) is 0.415. The van der Waals surface area contributed by atoms with Crippen LogP contribution in [0.5, 0.6) is 0 Å². The Morgan fingerprint density at radius 1 is 1.19 bits per heavy atom. The fourth-order valence-electron chi connectivity index (χ4n) is 3.90. The van der Waals surface area contributed by atoms with E-state index in [1.54, 1.807) is 32.6 Å². The number of carbonyl (C=O) groups is 3.